The fraction of sp³-hybridized carbons (Fsp3) is 0.684. The zero-order valence-corrected chi connectivity index (χ0v) is 14.4. The minimum absolute atomic E-state index is 0.0459. The van der Waals surface area contributed by atoms with Crippen LogP contribution in [0, 0.1) is 0 Å². The van der Waals surface area contributed by atoms with Gasteiger partial charge in [-0.2, -0.15) is 0 Å². The lowest BCUT2D eigenvalue weighted by molar-refractivity contribution is -0.194. The standard InChI is InChI=1S/C19H30O4/c1-16(22-15-18-8-4-3-5-9-18)11-13-20-14-17(2)23-19-10-6-7-12-21-19/h3-5,8-9,16-17,19H,6-7,10-15H2,1-2H3/t16-,17-,19?/m1/s1. The summed E-state index contributed by atoms with van der Waals surface area (Å²) < 4.78 is 22.9. The minimum Gasteiger partial charge on any atom is -0.379 e. The molecule has 4 heteroatoms. The molecule has 1 aliphatic rings. The minimum atomic E-state index is -0.0459. The van der Waals surface area contributed by atoms with Gasteiger partial charge in [0.1, 0.15) is 0 Å². The molecule has 1 heterocycles. The van der Waals surface area contributed by atoms with Crippen molar-refractivity contribution in [2.24, 2.45) is 0 Å². The van der Waals surface area contributed by atoms with Gasteiger partial charge in [-0.25, -0.2) is 0 Å². The summed E-state index contributed by atoms with van der Waals surface area (Å²) in [5.74, 6) is 0. The molecular formula is C19H30O4. The van der Waals surface area contributed by atoms with E-state index in [-0.39, 0.29) is 18.5 Å². The average molecular weight is 322 g/mol. The molecule has 1 fully saturated rings. The molecule has 0 aliphatic carbocycles. The predicted molar refractivity (Wildman–Crippen MR) is 90.3 cm³/mol. The van der Waals surface area contributed by atoms with Crippen molar-refractivity contribution in [2.75, 3.05) is 19.8 Å². The highest BCUT2D eigenvalue weighted by Crippen LogP contribution is 2.15. The highest BCUT2D eigenvalue weighted by molar-refractivity contribution is 5.13. The molecule has 23 heavy (non-hydrogen) atoms. The van der Waals surface area contributed by atoms with E-state index >= 15 is 0 Å². The number of hydrogen-bond donors (Lipinski definition) is 0. The van der Waals surface area contributed by atoms with Crippen molar-refractivity contribution >= 4 is 0 Å². The van der Waals surface area contributed by atoms with Gasteiger partial charge < -0.3 is 18.9 Å². The van der Waals surface area contributed by atoms with Crippen molar-refractivity contribution in [3.8, 4) is 0 Å². The third-order valence-corrected chi connectivity index (χ3v) is 3.92. The second-order valence-electron chi connectivity index (χ2n) is 6.21. The van der Waals surface area contributed by atoms with Gasteiger partial charge in [-0.3, -0.25) is 0 Å². The van der Waals surface area contributed by atoms with Crippen LogP contribution in [-0.2, 0) is 25.6 Å². The van der Waals surface area contributed by atoms with E-state index in [0.29, 0.717) is 19.8 Å². The van der Waals surface area contributed by atoms with Crippen LogP contribution in [0.15, 0.2) is 30.3 Å². The van der Waals surface area contributed by atoms with Crippen LogP contribution in [0.4, 0.5) is 0 Å². The summed E-state index contributed by atoms with van der Waals surface area (Å²) in [6, 6.07) is 10.2. The second kappa shape index (κ2) is 10.8. The Labute approximate surface area is 140 Å². The summed E-state index contributed by atoms with van der Waals surface area (Å²) in [6.45, 7) is 6.88. The molecule has 0 spiro atoms. The number of rotatable bonds is 10. The molecule has 0 N–H and O–H groups in total. The third-order valence-electron chi connectivity index (χ3n) is 3.92. The largest absolute Gasteiger partial charge is 0.379 e. The van der Waals surface area contributed by atoms with E-state index < -0.39 is 0 Å². The molecule has 1 aliphatic heterocycles. The molecule has 0 bridgehead atoms. The van der Waals surface area contributed by atoms with E-state index in [9.17, 15) is 0 Å². The first kappa shape index (κ1) is 18.4. The molecule has 130 valence electrons. The van der Waals surface area contributed by atoms with Crippen molar-refractivity contribution < 1.29 is 18.9 Å². The smallest absolute Gasteiger partial charge is 0.158 e. The SMILES string of the molecule is C[C@H](CCOC[C@@H](C)OC1CCCCO1)OCc1ccccc1. The summed E-state index contributed by atoms with van der Waals surface area (Å²) in [6.07, 6.45) is 4.43. The topological polar surface area (TPSA) is 36.9 Å². The normalized spacial score (nSPS) is 21.0. The van der Waals surface area contributed by atoms with Gasteiger partial charge in [0.15, 0.2) is 6.29 Å². The Morgan fingerprint density at radius 3 is 2.70 bits per heavy atom. The van der Waals surface area contributed by atoms with E-state index in [1.807, 2.05) is 25.1 Å². The second-order valence-corrected chi connectivity index (χ2v) is 6.21. The maximum Gasteiger partial charge on any atom is 0.158 e. The molecule has 1 aromatic carbocycles. The highest BCUT2D eigenvalue weighted by atomic mass is 16.7. The molecule has 2 rings (SSSR count). The first-order valence-electron chi connectivity index (χ1n) is 8.74. The van der Waals surface area contributed by atoms with Gasteiger partial charge in [0.25, 0.3) is 0 Å². The first-order chi connectivity index (χ1) is 11.2. The van der Waals surface area contributed by atoms with Crippen molar-refractivity contribution in [2.45, 2.75) is 64.6 Å². The molecule has 0 saturated carbocycles. The van der Waals surface area contributed by atoms with Crippen LogP contribution >= 0.6 is 0 Å². The van der Waals surface area contributed by atoms with Crippen molar-refractivity contribution in [1.29, 1.82) is 0 Å². The highest BCUT2D eigenvalue weighted by Gasteiger charge is 2.17. The van der Waals surface area contributed by atoms with Crippen LogP contribution in [0.1, 0.15) is 45.1 Å². The van der Waals surface area contributed by atoms with E-state index in [1.165, 1.54) is 12.0 Å². The molecule has 1 saturated heterocycles. The Morgan fingerprint density at radius 1 is 1.13 bits per heavy atom. The van der Waals surface area contributed by atoms with E-state index in [1.54, 1.807) is 0 Å². The molecular weight excluding hydrogens is 292 g/mol. The maximum atomic E-state index is 5.83. The molecule has 1 aromatic rings. The Kier molecular flexibility index (Phi) is 8.61. The van der Waals surface area contributed by atoms with Crippen molar-refractivity contribution in [3.05, 3.63) is 35.9 Å². The van der Waals surface area contributed by atoms with Crippen LogP contribution in [0.25, 0.3) is 0 Å². The number of ether oxygens (including phenoxy) is 4. The maximum absolute atomic E-state index is 5.83. The van der Waals surface area contributed by atoms with Crippen LogP contribution in [0.5, 0.6) is 0 Å². The van der Waals surface area contributed by atoms with E-state index in [0.717, 1.165) is 25.9 Å². The first-order valence-corrected chi connectivity index (χ1v) is 8.74. The van der Waals surface area contributed by atoms with Crippen LogP contribution < -0.4 is 0 Å². The lowest BCUT2D eigenvalue weighted by Crippen LogP contribution is -2.29. The quantitative estimate of drug-likeness (QED) is 0.612. The Morgan fingerprint density at radius 2 is 1.96 bits per heavy atom. The lowest BCUT2D eigenvalue weighted by Gasteiger charge is -2.26. The van der Waals surface area contributed by atoms with E-state index in [4.69, 9.17) is 18.9 Å². The number of hydrogen-bond acceptors (Lipinski definition) is 4. The molecule has 1 unspecified atom stereocenters. The lowest BCUT2D eigenvalue weighted by atomic mass is 10.2. The predicted octanol–water partition coefficient (Wildman–Crippen LogP) is 3.93. The fourth-order valence-corrected chi connectivity index (χ4v) is 2.51. The Bertz CT molecular complexity index is 403. The molecule has 0 radical (unpaired) electrons. The van der Waals surface area contributed by atoms with Gasteiger partial charge in [-0.05, 0) is 45.1 Å². The summed E-state index contributed by atoms with van der Waals surface area (Å²) in [7, 11) is 0. The zero-order chi connectivity index (χ0) is 16.3. The van der Waals surface area contributed by atoms with Crippen LogP contribution in [0.2, 0.25) is 0 Å². The third kappa shape index (κ3) is 7.93. The summed E-state index contributed by atoms with van der Waals surface area (Å²) >= 11 is 0. The zero-order valence-electron chi connectivity index (χ0n) is 14.4. The Balaban J connectivity index is 1.49. The van der Waals surface area contributed by atoms with E-state index in [2.05, 4.69) is 19.1 Å². The monoisotopic (exact) mass is 322 g/mol. The molecule has 4 nitrogen and oxygen atoms in total. The summed E-state index contributed by atoms with van der Waals surface area (Å²) in [4.78, 5) is 0. The fourth-order valence-electron chi connectivity index (χ4n) is 2.51. The van der Waals surface area contributed by atoms with Gasteiger partial charge in [-0.15, -0.1) is 0 Å². The van der Waals surface area contributed by atoms with Crippen molar-refractivity contribution in [1.82, 2.24) is 0 Å². The van der Waals surface area contributed by atoms with Gasteiger partial charge in [0.2, 0.25) is 0 Å². The van der Waals surface area contributed by atoms with Crippen LogP contribution in [0.3, 0.4) is 0 Å². The average Bonchev–Trinajstić information content (AvgIpc) is 2.59. The van der Waals surface area contributed by atoms with Gasteiger partial charge >= 0.3 is 0 Å². The van der Waals surface area contributed by atoms with Gasteiger partial charge in [-0.1, -0.05) is 30.3 Å². The van der Waals surface area contributed by atoms with Gasteiger partial charge in [0, 0.05) is 13.2 Å². The molecule has 0 amide bonds. The molecule has 0 aromatic heterocycles. The van der Waals surface area contributed by atoms with Gasteiger partial charge in [0.05, 0.1) is 25.4 Å². The van der Waals surface area contributed by atoms with Crippen molar-refractivity contribution in [3.63, 3.8) is 0 Å². The summed E-state index contributed by atoms with van der Waals surface area (Å²) in [5.41, 5.74) is 1.20. The number of benzene rings is 1. The summed E-state index contributed by atoms with van der Waals surface area (Å²) in [5, 5.41) is 0. The van der Waals surface area contributed by atoms with Crippen LogP contribution in [-0.4, -0.2) is 38.3 Å². The molecule has 3 atom stereocenters. The Hall–Kier alpha value is -0.940.